The molecule has 0 aromatic rings. The molecule has 0 aromatic carbocycles. The van der Waals surface area contributed by atoms with Crippen molar-refractivity contribution in [3.05, 3.63) is 0 Å². The maximum atomic E-state index is 11.9. The number of aliphatic carboxylic acids is 1. The lowest BCUT2D eigenvalue weighted by Crippen LogP contribution is -2.39. The van der Waals surface area contributed by atoms with Crippen LogP contribution in [0.2, 0.25) is 0 Å². The van der Waals surface area contributed by atoms with Crippen molar-refractivity contribution in [2.45, 2.75) is 63.5 Å². The van der Waals surface area contributed by atoms with E-state index in [2.05, 4.69) is 0 Å². The number of carbonyl (C=O) groups excluding carboxylic acids is 1. The Kier molecular flexibility index (Phi) is 3.78. The minimum Gasteiger partial charge on any atom is -0.481 e. The van der Waals surface area contributed by atoms with Gasteiger partial charge in [-0.15, -0.1) is 0 Å². The van der Waals surface area contributed by atoms with Gasteiger partial charge in [0.15, 0.2) is 0 Å². The maximum absolute atomic E-state index is 11.9. The molecule has 2 fully saturated rings. The largest absolute Gasteiger partial charge is 0.481 e. The zero-order chi connectivity index (χ0) is 13.2. The third-order valence-corrected chi connectivity index (χ3v) is 3.96. The number of amides is 1. The van der Waals surface area contributed by atoms with Crippen LogP contribution in [-0.2, 0) is 9.53 Å². The van der Waals surface area contributed by atoms with Crippen LogP contribution in [0.15, 0.2) is 0 Å². The summed E-state index contributed by atoms with van der Waals surface area (Å²) in [5, 5.41) is 8.71. The first-order valence-electron chi connectivity index (χ1n) is 6.72. The van der Waals surface area contributed by atoms with Gasteiger partial charge in [0.25, 0.3) is 0 Å². The SMILES string of the molecule is CC1(CCC(=O)O)CN(C2CCCCC2)C(=O)O1. The van der Waals surface area contributed by atoms with Crippen LogP contribution < -0.4 is 0 Å². The maximum Gasteiger partial charge on any atom is 0.410 e. The molecular formula is C13H21NO4. The highest BCUT2D eigenvalue weighted by atomic mass is 16.6. The van der Waals surface area contributed by atoms with E-state index in [0.717, 1.165) is 12.8 Å². The highest BCUT2D eigenvalue weighted by Gasteiger charge is 2.44. The quantitative estimate of drug-likeness (QED) is 0.837. The van der Waals surface area contributed by atoms with Gasteiger partial charge in [-0.25, -0.2) is 4.79 Å². The third kappa shape index (κ3) is 2.94. The molecule has 0 aromatic heterocycles. The summed E-state index contributed by atoms with van der Waals surface area (Å²) in [6.07, 6.45) is 5.83. The van der Waals surface area contributed by atoms with Crippen molar-refractivity contribution in [3.8, 4) is 0 Å². The Morgan fingerprint density at radius 3 is 2.72 bits per heavy atom. The smallest absolute Gasteiger partial charge is 0.410 e. The molecule has 1 saturated carbocycles. The lowest BCUT2D eigenvalue weighted by Gasteiger charge is -2.29. The molecule has 5 nitrogen and oxygen atoms in total. The molecule has 102 valence electrons. The average molecular weight is 255 g/mol. The van der Waals surface area contributed by atoms with Crippen molar-refractivity contribution < 1.29 is 19.4 Å². The molecule has 1 N–H and O–H groups in total. The Bertz CT molecular complexity index is 338. The summed E-state index contributed by atoms with van der Waals surface area (Å²) in [4.78, 5) is 24.3. The van der Waals surface area contributed by atoms with Gasteiger partial charge < -0.3 is 14.7 Å². The van der Waals surface area contributed by atoms with Crippen LogP contribution in [0, 0.1) is 0 Å². The summed E-state index contributed by atoms with van der Waals surface area (Å²) in [6, 6.07) is 0.290. The van der Waals surface area contributed by atoms with Crippen LogP contribution in [0.25, 0.3) is 0 Å². The van der Waals surface area contributed by atoms with Crippen molar-refractivity contribution in [2.75, 3.05) is 6.54 Å². The lowest BCUT2D eigenvalue weighted by molar-refractivity contribution is -0.138. The molecule has 18 heavy (non-hydrogen) atoms. The van der Waals surface area contributed by atoms with Gasteiger partial charge in [-0.1, -0.05) is 19.3 Å². The normalized spacial score (nSPS) is 29.4. The standard InChI is InChI=1S/C13H21NO4/c1-13(8-7-11(15)16)9-14(12(17)18-13)10-5-3-2-4-6-10/h10H,2-9H2,1H3,(H,15,16). The van der Waals surface area contributed by atoms with E-state index in [4.69, 9.17) is 9.84 Å². The summed E-state index contributed by atoms with van der Waals surface area (Å²) in [7, 11) is 0. The van der Waals surface area contributed by atoms with E-state index in [1.54, 1.807) is 4.90 Å². The number of rotatable bonds is 4. The molecule has 1 saturated heterocycles. The monoisotopic (exact) mass is 255 g/mol. The topological polar surface area (TPSA) is 66.8 Å². The molecule has 0 spiro atoms. The first-order valence-corrected chi connectivity index (χ1v) is 6.72. The fourth-order valence-corrected chi connectivity index (χ4v) is 2.90. The fourth-order valence-electron chi connectivity index (χ4n) is 2.90. The van der Waals surface area contributed by atoms with Gasteiger partial charge in [0.2, 0.25) is 0 Å². The van der Waals surface area contributed by atoms with Gasteiger partial charge >= 0.3 is 12.1 Å². The van der Waals surface area contributed by atoms with E-state index < -0.39 is 11.6 Å². The molecule has 1 heterocycles. The molecule has 1 aliphatic carbocycles. The molecule has 2 rings (SSSR count). The van der Waals surface area contributed by atoms with Gasteiger partial charge in [-0.3, -0.25) is 4.79 Å². The second kappa shape index (κ2) is 5.16. The van der Waals surface area contributed by atoms with Crippen LogP contribution in [-0.4, -0.2) is 40.3 Å². The fraction of sp³-hybridized carbons (Fsp3) is 0.846. The van der Waals surface area contributed by atoms with Crippen LogP contribution in [0.1, 0.15) is 51.9 Å². The number of nitrogens with zero attached hydrogens (tertiary/aromatic N) is 1. The minimum absolute atomic E-state index is 0.0439. The summed E-state index contributed by atoms with van der Waals surface area (Å²) >= 11 is 0. The van der Waals surface area contributed by atoms with E-state index in [0.29, 0.717) is 13.0 Å². The Hall–Kier alpha value is -1.26. The van der Waals surface area contributed by atoms with Crippen molar-refractivity contribution >= 4 is 12.1 Å². The predicted molar refractivity (Wildman–Crippen MR) is 65.3 cm³/mol. The molecule has 0 radical (unpaired) electrons. The Morgan fingerprint density at radius 2 is 2.11 bits per heavy atom. The number of hydrogen-bond donors (Lipinski definition) is 1. The zero-order valence-electron chi connectivity index (χ0n) is 10.9. The third-order valence-electron chi connectivity index (χ3n) is 3.96. The summed E-state index contributed by atoms with van der Waals surface area (Å²) in [6.45, 7) is 2.36. The molecule has 1 atom stereocenters. The number of cyclic esters (lactones) is 1. The van der Waals surface area contributed by atoms with Crippen molar-refractivity contribution in [2.24, 2.45) is 0 Å². The van der Waals surface area contributed by atoms with Gasteiger partial charge in [0, 0.05) is 12.5 Å². The zero-order valence-corrected chi connectivity index (χ0v) is 10.9. The van der Waals surface area contributed by atoms with Crippen LogP contribution in [0.3, 0.4) is 0 Å². The Labute approximate surface area is 107 Å². The molecule has 0 bridgehead atoms. The van der Waals surface area contributed by atoms with Gasteiger partial charge in [0.1, 0.15) is 5.60 Å². The number of carboxylic acids is 1. The van der Waals surface area contributed by atoms with Gasteiger partial charge in [-0.2, -0.15) is 0 Å². The van der Waals surface area contributed by atoms with Crippen LogP contribution >= 0.6 is 0 Å². The van der Waals surface area contributed by atoms with Crippen LogP contribution in [0.5, 0.6) is 0 Å². The first kappa shape index (κ1) is 13.2. The molecule has 1 amide bonds. The highest BCUT2D eigenvalue weighted by molar-refractivity contribution is 5.71. The van der Waals surface area contributed by atoms with Gasteiger partial charge in [0.05, 0.1) is 6.54 Å². The predicted octanol–water partition coefficient (Wildman–Crippen LogP) is 2.39. The summed E-state index contributed by atoms with van der Waals surface area (Å²) in [5.74, 6) is -0.844. The summed E-state index contributed by atoms with van der Waals surface area (Å²) < 4.78 is 5.39. The van der Waals surface area contributed by atoms with Crippen LogP contribution in [0.4, 0.5) is 4.79 Å². The molecular weight excluding hydrogens is 234 g/mol. The van der Waals surface area contributed by atoms with E-state index in [-0.39, 0.29) is 18.6 Å². The van der Waals surface area contributed by atoms with Crippen molar-refractivity contribution in [3.63, 3.8) is 0 Å². The average Bonchev–Trinajstić information content (AvgIpc) is 2.64. The second-order valence-electron chi connectivity index (χ2n) is 5.63. The first-order chi connectivity index (χ1) is 8.50. The van der Waals surface area contributed by atoms with E-state index in [1.807, 2.05) is 6.92 Å². The molecule has 1 aliphatic heterocycles. The Balaban J connectivity index is 1.94. The number of carbonyl (C=O) groups is 2. The van der Waals surface area contributed by atoms with E-state index in [1.165, 1.54) is 19.3 Å². The molecule has 5 heteroatoms. The Morgan fingerprint density at radius 1 is 1.44 bits per heavy atom. The van der Waals surface area contributed by atoms with E-state index >= 15 is 0 Å². The second-order valence-corrected chi connectivity index (χ2v) is 5.63. The molecule has 2 aliphatic rings. The minimum atomic E-state index is -0.844. The number of ether oxygens (including phenoxy) is 1. The van der Waals surface area contributed by atoms with Gasteiger partial charge in [-0.05, 0) is 26.2 Å². The van der Waals surface area contributed by atoms with Crippen molar-refractivity contribution in [1.82, 2.24) is 4.90 Å². The number of hydrogen-bond acceptors (Lipinski definition) is 3. The lowest BCUT2D eigenvalue weighted by atomic mass is 9.93. The van der Waals surface area contributed by atoms with Crippen molar-refractivity contribution in [1.29, 1.82) is 0 Å². The number of carboxylic acid groups (broad SMARTS) is 1. The van der Waals surface area contributed by atoms with E-state index in [9.17, 15) is 9.59 Å². The summed E-state index contributed by atoms with van der Waals surface area (Å²) in [5.41, 5.74) is -0.632. The highest BCUT2D eigenvalue weighted by Crippen LogP contribution is 2.32. The molecule has 1 unspecified atom stereocenters.